The van der Waals surface area contributed by atoms with Gasteiger partial charge >= 0.3 is 0 Å². The monoisotopic (exact) mass is 397 g/mol. The number of carbonyl (C=O) groups excluding carboxylic acids is 2. The number of ether oxygens (including phenoxy) is 1. The number of nitrogens with one attached hydrogen (secondary N) is 3. The van der Waals surface area contributed by atoms with Crippen LogP contribution in [0.1, 0.15) is 29.8 Å². The van der Waals surface area contributed by atoms with Gasteiger partial charge in [0.25, 0.3) is 5.91 Å². The van der Waals surface area contributed by atoms with Crippen LogP contribution in [-0.4, -0.2) is 51.0 Å². The smallest absolute Gasteiger partial charge is 0.282 e. The minimum absolute atomic E-state index is 0.0224. The second-order valence-electron chi connectivity index (χ2n) is 7.78. The maximum atomic E-state index is 12.6. The lowest BCUT2D eigenvalue weighted by Gasteiger charge is -2.32. The standard InChI is InChI=1S/C23H29N3O3/c1-17(23(28)24-21-8-6-20(7-9-21)18(2)27)26-14-12-25(13-15-26)16-19-4-10-22(29-3)11-5-19/h4-11,17H,12-16H2,1-3H3,(H,24,28)/p+2/t17-/m0/s1. The molecule has 0 saturated carbocycles. The Kier molecular flexibility index (Phi) is 7.01. The van der Waals surface area contributed by atoms with Crippen LogP contribution in [0.4, 0.5) is 5.69 Å². The van der Waals surface area contributed by atoms with Gasteiger partial charge in [-0.1, -0.05) is 0 Å². The first-order valence-corrected chi connectivity index (χ1v) is 10.2. The number of amides is 1. The number of anilines is 1. The molecule has 2 aromatic rings. The summed E-state index contributed by atoms with van der Waals surface area (Å²) in [6.07, 6.45) is 0. The quantitative estimate of drug-likeness (QED) is 0.586. The molecule has 1 fully saturated rings. The fourth-order valence-electron chi connectivity index (χ4n) is 3.79. The first kappa shape index (κ1) is 21.0. The number of hydrogen-bond acceptors (Lipinski definition) is 3. The van der Waals surface area contributed by atoms with Crippen LogP contribution < -0.4 is 19.9 Å². The summed E-state index contributed by atoms with van der Waals surface area (Å²) < 4.78 is 5.22. The zero-order valence-electron chi connectivity index (χ0n) is 17.5. The molecule has 1 amide bonds. The Morgan fingerprint density at radius 3 is 2.17 bits per heavy atom. The molecule has 1 aliphatic heterocycles. The average Bonchev–Trinajstić information content (AvgIpc) is 2.74. The topological polar surface area (TPSA) is 64.3 Å². The number of piperazine rings is 1. The van der Waals surface area contributed by atoms with Crippen LogP contribution in [0.15, 0.2) is 48.5 Å². The largest absolute Gasteiger partial charge is 0.497 e. The van der Waals surface area contributed by atoms with Crippen molar-refractivity contribution < 1.29 is 24.1 Å². The van der Waals surface area contributed by atoms with Crippen molar-refractivity contribution in [3.8, 4) is 5.75 Å². The van der Waals surface area contributed by atoms with Crippen LogP contribution in [0.2, 0.25) is 0 Å². The van der Waals surface area contributed by atoms with Gasteiger partial charge in [0.05, 0.1) is 7.11 Å². The predicted molar refractivity (Wildman–Crippen MR) is 113 cm³/mol. The van der Waals surface area contributed by atoms with E-state index in [0.29, 0.717) is 5.56 Å². The third kappa shape index (κ3) is 5.65. The summed E-state index contributed by atoms with van der Waals surface area (Å²) in [5.74, 6) is 0.929. The van der Waals surface area contributed by atoms with E-state index in [1.54, 1.807) is 36.3 Å². The van der Waals surface area contributed by atoms with E-state index in [9.17, 15) is 9.59 Å². The molecular formula is C23H31N3O3+2. The highest BCUT2D eigenvalue weighted by atomic mass is 16.5. The van der Waals surface area contributed by atoms with Crippen LogP contribution in [-0.2, 0) is 11.3 Å². The molecule has 3 N–H and O–H groups in total. The average molecular weight is 398 g/mol. The van der Waals surface area contributed by atoms with E-state index in [4.69, 9.17) is 4.74 Å². The molecule has 3 rings (SSSR count). The molecule has 2 aromatic carbocycles. The van der Waals surface area contributed by atoms with Crippen LogP contribution in [0.5, 0.6) is 5.75 Å². The predicted octanol–water partition coefficient (Wildman–Crippen LogP) is 0.208. The molecule has 1 saturated heterocycles. The number of Topliss-reactive ketones (excluding diaryl/α,β-unsaturated/α-hetero) is 1. The molecule has 0 bridgehead atoms. The fraction of sp³-hybridized carbons (Fsp3) is 0.391. The maximum absolute atomic E-state index is 12.6. The summed E-state index contributed by atoms with van der Waals surface area (Å²) in [6, 6.07) is 15.2. The summed E-state index contributed by atoms with van der Waals surface area (Å²) in [7, 11) is 1.68. The summed E-state index contributed by atoms with van der Waals surface area (Å²) in [6.45, 7) is 8.57. The van der Waals surface area contributed by atoms with E-state index in [1.165, 1.54) is 17.4 Å². The second kappa shape index (κ2) is 9.67. The molecule has 0 radical (unpaired) electrons. The van der Waals surface area contributed by atoms with Crippen molar-refractivity contribution in [3.05, 3.63) is 59.7 Å². The molecule has 1 atom stereocenters. The number of rotatable bonds is 7. The molecule has 1 aliphatic rings. The van der Waals surface area contributed by atoms with E-state index in [0.717, 1.165) is 44.2 Å². The van der Waals surface area contributed by atoms with Crippen molar-refractivity contribution in [2.45, 2.75) is 26.4 Å². The maximum Gasteiger partial charge on any atom is 0.282 e. The van der Waals surface area contributed by atoms with Crippen LogP contribution >= 0.6 is 0 Å². The molecule has 0 spiro atoms. The molecule has 154 valence electrons. The van der Waals surface area contributed by atoms with Crippen molar-refractivity contribution in [1.82, 2.24) is 0 Å². The first-order chi connectivity index (χ1) is 14.0. The highest BCUT2D eigenvalue weighted by molar-refractivity contribution is 5.96. The van der Waals surface area contributed by atoms with Gasteiger partial charge in [0.2, 0.25) is 0 Å². The van der Waals surface area contributed by atoms with Gasteiger partial charge in [0, 0.05) is 16.8 Å². The summed E-state index contributed by atoms with van der Waals surface area (Å²) in [5.41, 5.74) is 2.69. The molecular weight excluding hydrogens is 366 g/mol. The zero-order chi connectivity index (χ0) is 20.8. The minimum atomic E-state index is -0.106. The van der Waals surface area contributed by atoms with Gasteiger partial charge in [-0.3, -0.25) is 9.59 Å². The van der Waals surface area contributed by atoms with E-state index in [1.807, 2.05) is 19.1 Å². The van der Waals surface area contributed by atoms with Crippen molar-refractivity contribution >= 4 is 17.4 Å². The third-order valence-electron chi connectivity index (χ3n) is 5.78. The summed E-state index contributed by atoms with van der Waals surface area (Å²) in [4.78, 5) is 26.9. The Bertz CT molecular complexity index is 825. The van der Waals surface area contributed by atoms with Gasteiger partial charge in [0.1, 0.15) is 38.5 Å². The highest BCUT2D eigenvalue weighted by Gasteiger charge is 2.31. The summed E-state index contributed by atoms with van der Waals surface area (Å²) in [5, 5.41) is 2.98. The Labute approximate surface area is 172 Å². The molecule has 6 nitrogen and oxygen atoms in total. The van der Waals surface area contributed by atoms with Gasteiger partial charge in [-0.15, -0.1) is 0 Å². The Morgan fingerprint density at radius 1 is 1.00 bits per heavy atom. The van der Waals surface area contributed by atoms with E-state index in [2.05, 4.69) is 17.4 Å². The number of ketones is 1. The van der Waals surface area contributed by atoms with Crippen LogP contribution in [0.3, 0.4) is 0 Å². The van der Waals surface area contributed by atoms with Gasteiger partial charge in [-0.05, 0) is 62.4 Å². The Morgan fingerprint density at radius 2 is 1.62 bits per heavy atom. The van der Waals surface area contributed by atoms with Crippen molar-refractivity contribution in [3.63, 3.8) is 0 Å². The molecule has 1 heterocycles. The third-order valence-corrected chi connectivity index (χ3v) is 5.78. The lowest BCUT2D eigenvalue weighted by atomic mass is 10.1. The van der Waals surface area contributed by atoms with Gasteiger partial charge in [-0.2, -0.15) is 0 Å². The second-order valence-corrected chi connectivity index (χ2v) is 7.78. The molecule has 0 aliphatic carbocycles. The number of benzene rings is 2. The number of carbonyl (C=O) groups is 2. The van der Waals surface area contributed by atoms with Crippen molar-refractivity contribution in [2.24, 2.45) is 0 Å². The zero-order valence-corrected chi connectivity index (χ0v) is 17.5. The lowest BCUT2D eigenvalue weighted by Crippen LogP contribution is -3.29. The van der Waals surface area contributed by atoms with Crippen LogP contribution in [0, 0.1) is 0 Å². The number of hydrogen-bond donors (Lipinski definition) is 3. The highest BCUT2D eigenvalue weighted by Crippen LogP contribution is 2.11. The van der Waals surface area contributed by atoms with Gasteiger partial charge in [-0.25, -0.2) is 0 Å². The molecule has 29 heavy (non-hydrogen) atoms. The Balaban J connectivity index is 1.47. The number of quaternary nitrogens is 2. The van der Waals surface area contributed by atoms with E-state index >= 15 is 0 Å². The SMILES string of the molecule is COc1ccc(C[NH+]2CC[NH+]([C@@H](C)C(=O)Nc3ccc(C(C)=O)cc3)CC2)cc1. The first-order valence-electron chi connectivity index (χ1n) is 10.2. The van der Waals surface area contributed by atoms with Gasteiger partial charge < -0.3 is 19.9 Å². The fourth-order valence-corrected chi connectivity index (χ4v) is 3.79. The van der Waals surface area contributed by atoms with Crippen molar-refractivity contribution in [1.29, 1.82) is 0 Å². The number of methoxy groups -OCH3 is 1. The normalized spacial score (nSPS) is 20.0. The Hall–Kier alpha value is -2.70. The molecule has 0 aromatic heterocycles. The minimum Gasteiger partial charge on any atom is -0.497 e. The lowest BCUT2D eigenvalue weighted by molar-refractivity contribution is -1.02. The van der Waals surface area contributed by atoms with Crippen molar-refractivity contribution in [2.75, 3.05) is 38.6 Å². The molecule has 0 unspecified atom stereocenters. The van der Waals surface area contributed by atoms with Crippen LogP contribution in [0.25, 0.3) is 0 Å². The summed E-state index contributed by atoms with van der Waals surface area (Å²) >= 11 is 0. The van der Waals surface area contributed by atoms with E-state index < -0.39 is 0 Å². The van der Waals surface area contributed by atoms with E-state index in [-0.39, 0.29) is 17.7 Å². The van der Waals surface area contributed by atoms with Gasteiger partial charge in [0.15, 0.2) is 11.8 Å². The molecule has 6 heteroatoms.